The van der Waals surface area contributed by atoms with E-state index in [1.807, 2.05) is 0 Å². The molecule has 7 heteroatoms. The lowest BCUT2D eigenvalue weighted by atomic mass is 9.82. The highest BCUT2D eigenvalue weighted by atomic mass is 16.4. The van der Waals surface area contributed by atoms with Crippen molar-refractivity contribution in [2.24, 2.45) is 0 Å². The Balaban J connectivity index is 2.02. The third-order valence-corrected chi connectivity index (χ3v) is 4.21. The van der Waals surface area contributed by atoms with Crippen LogP contribution in [0.3, 0.4) is 0 Å². The lowest BCUT2D eigenvalue weighted by molar-refractivity contribution is -0.146. The average Bonchev–Trinajstić information content (AvgIpc) is 2.42. The van der Waals surface area contributed by atoms with E-state index in [0.717, 1.165) is 19.3 Å². The number of carbonyl (C=O) groups is 3. The summed E-state index contributed by atoms with van der Waals surface area (Å²) >= 11 is 0. The maximum Gasteiger partial charge on any atom is 0.329 e. The van der Waals surface area contributed by atoms with Crippen LogP contribution in [0.2, 0.25) is 0 Å². The third-order valence-electron chi connectivity index (χ3n) is 4.21. The summed E-state index contributed by atoms with van der Waals surface area (Å²) in [5, 5.41) is 12.1. The average molecular weight is 283 g/mol. The number of rotatable bonds is 2. The minimum absolute atomic E-state index is 0.0119. The summed E-state index contributed by atoms with van der Waals surface area (Å²) in [4.78, 5) is 38.3. The predicted octanol–water partition coefficient (Wildman–Crippen LogP) is 0.257. The molecule has 0 aromatic rings. The normalized spacial score (nSPS) is 22.6. The Kier molecular flexibility index (Phi) is 4.15. The molecule has 0 unspecified atom stereocenters. The molecule has 1 heterocycles. The van der Waals surface area contributed by atoms with Crippen molar-refractivity contribution >= 4 is 17.9 Å². The van der Waals surface area contributed by atoms with Gasteiger partial charge in [0.05, 0.1) is 0 Å². The van der Waals surface area contributed by atoms with Gasteiger partial charge in [0.2, 0.25) is 5.91 Å². The number of carboxylic acids is 1. The van der Waals surface area contributed by atoms with E-state index >= 15 is 0 Å². The van der Waals surface area contributed by atoms with E-state index in [1.165, 1.54) is 4.90 Å². The molecule has 1 aliphatic carbocycles. The molecule has 0 atom stereocenters. The first kappa shape index (κ1) is 14.6. The zero-order chi connectivity index (χ0) is 14.8. The van der Waals surface area contributed by atoms with Crippen LogP contribution in [0.1, 0.15) is 32.1 Å². The maximum atomic E-state index is 12.2. The molecule has 0 bridgehead atoms. The van der Waals surface area contributed by atoms with Gasteiger partial charge in [0.15, 0.2) is 0 Å². The van der Waals surface area contributed by atoms with Crippen LogP contribution in [-0.2, 0) is 9.59 Å². The van der Waals surface area contributed by atoms with Crippen molar-refractivity contribution in [3.8, 4) is 0 Å². The highest BCUT2D eigenvalue weighted by molar-refractivity contribution is 5.89. The molecular weight excluding hydrogens is 262 g/mol. The monoisotopic (exact) mass is 283 g/mol. The molecule has 3 amide bonds. The van der Waals surface area contributed by atoms with Gasteiger partial charge >= 0.3 is 12.0 Å². The lowest BCUT2D eigenvalue weighted by Crippen LogP contribution is -2.61. The Bertz CT molecular complexity index is 418. The van der Waals surface area contributed by atoms with Gasteiger partial charge in [-0.3, -0.25) is 4.79 Å². The summed E-state index contributed by atoms with van der Waals surface area (Å²) in [6.07, 6.45) is 3.51. The van der Waals surface area contributed by atoms with Crippen molar-refractivity contribution in [1.82, 2.24) is 15.1 Å². The standard InChI is InChI=1S/C13H21N3O4/c1-15-7-8-16(9-10(15)17)12(20)14-13(11(18)19)5-3-2-4-6-13/h2-9H2,1H3,(H,14,20)(H,18,19). The molecule has 2 fully saturated rings. The van der Waals surface area contributed by atoms with Gasteiger partial charge in [-0.1, -0.05) is 19.3 Å². The van der Waals surface area contributed by atoms with Crippen LogP contribution in [-0.4, -0.2) is 65.0 Å². The second kappa shape index (κ2) is 5.68. The van der Waals surface area contributed by atoms with E-state index in [-0.39, 0.29) is 12.5 Å². The van der Waals surface area contributed by atoms with Gasteiger partial charge in [0.1, 0.15) is 12.1 Å². The smallest absolute Gasteiger partial charge is 0.329 e. The minimum Gasteiger partial charge on any atom is -0.480 e. The van der Waals surface area contributed by atoms with Crippen molar-refractivity contribution in [2.45, 2.75) is 37.6 Å². The van der Waals surface area contributed by atoms with Gasteiger partial charge in [-0.25, -0.2) is 9.59 Å². The molecule has 7 nitrogen and oxygen atoms in total. The SMILES string of the molecule is CN1CCN(C(=O)NC2(C(=O)O)CCCCC2)CC1=O. The van der Waals surface area contributed by atoms with Crippen molar-refractivity contribution in [2.75, 3.05) is 26.7 Å². The van der Waals surface area contributed by atoms with Gasteiger partial charge in [0.25, 0.3) is 0 Å². The number of hydrogen-bond acceptors (Lipinski definition) is 3. The number of amides is 3. The summed E-state index contributed by atoms with van der Waals surface area (Å²) in [6.45, 7) is 0.925. The Morgan fingerprint density at radius 2 is 1.85 bits per heavy atom. The molecule has 20 heavy (non-hydrogen) atoms. The highest BCUT2D eigenvalue weighted by Crippen LogP contribution is 2.28. The number of carbonyl (C=O) groups excluding carboxylic acids is 2. The number of aliphatic carboxylic acids is 1. The fraction of sp³-hybridized carbons (Fsp3) is 0.769. The van der Waals surface area contributed by atoms with E-state index in [0.29, 0.717) is 25.9 Å². The van der Waals surface area contributed by atoms with Gasteiger partial charge in [0, 0.05) is 20.1 Å². The fourth-order valence-corrected chi connectivity index (χ4v) is 2.76. The molecule has 1 saturated heterocycles. The summed E-state index contributed by atoms with van der Waals surface area (Å²) in [5.74, 6) is -1.11. The first-order valence-electron chi connectivity index (χ1n) is 6.99. The third kappa shape index (κ3) is 2.86. The molecule has 2 aliphatic rings. The Labute approximate surface area is 117 Å². The zero-order valence-corrected chi connectivity index (χ0v) is 11.7. The van der Waals surface area contributed by atoms with Crippen LogP contribution in [0.15, 0.2) is 0 Å². The summed E-state index contributed by atoms with van der Waals surface area (Å²) in [6, 6.07) is -0.448. The maximum absolute atomic E-state index is 12.2. The van der Waals surface area contributed by atoms with Gasteiger partial charge in [-0.15, -0.1) is 0 Å². The van der Waals surface area contributed by atoms with Crippen molar-refractivity contribution in [3.05, 3.63) is 0 Å². The topological polar surface area (TPSA) is 89.9 Å². The predicted molar refractivity (Wildman–Crippen MR) is 71.2 cm³/mol. The quantitative estimate of drug-likeness (QED) is 0.760. The molecule has 2 N–H and O–H groups in total. The molecule has 1 aliphatic heterocycles. The van der Waals surface area contributed by atoms with Gasteiger partial charge in [-0.05, 0) is 12.8 Å². The number of carboxylic acid groups (broad SMARTS) is 1. The molecule has 1 saturated carbocycles. The molecule has 112 valence electrons. The molecule has 0 aromatic carbocycles. The van der Waals surface area contributed by atoms with E-state index in [2.05, 4.69) is 5.32 Å². The Morgan fingerprint density at radius 3 is 2.40 bits per heavy atom. The van der Waals surface area contributed by atoms with E-state index in [1.54, 1.807) is 11.9 Å². The van der Waals surface area contributed by atoms with Gasteiger partial charge < -0.3 is 20.2 Å². The number of nitrogens with zero attached hydrogens (tertiary/aromatic N) is 2. The number of piperazine rings is 1. The summed E-state index contributed by atoms with van der Waals surface area (Å²) in [5.41, 5.74) is -1.16. The molecular formula is C13H21N3O4. The van der Waals surface area contributed by atoms with E-state index < -0.39 is 17.5 Å². The van der Waals surface area contributed by atoms with Crippen LogP contribution in [0.5, 0.6) is 0 Å². The summed E-state index contributed by atoms with van der Waals surface area (Å²) in [7, 11) is 1.69. The number of hydrogen-bond donors (Lipinski definition) is 2. The highest BCUT2D eigenvalue weighted by Gasteiger charge is 2.42. The van der Waals surface area contributed by atoms with Gasteiger partial charge in [-0.2, -0.15) is 0 Å². The first-order valence-corrected chi connectivity index (χ1v) is 6.99. The van der Waals surface area contributed by atoms with E-state index in [9.17, 15) is 19.5 Å². The van der Waals surface area contributed by atoms with Crippen molar-refractivity contribution < 1.29 is 19.5 Å². The van der Waals surface area contributed by atoms with Crippen LogP contribution >= 0.6 is 0 Å². The first-order chi connectivity index (χ1) is 9.44. The Morgan fingerprint density at radius 1 is 1.20 bits per heavy atom. The lowest BCUT2D eigenvalue weighted by Gasteiger charge is -2.38. The molecule has 2 rings (SSSR count). The largest absolute Gasteiger partial charge is 0.480 e. The van der Waals surface area contributed by atoms with Crippen LogP contribution in [0, 0.1) is 0 Å². The molecule has 0 radical (unpaired) electrons. The van der Waals surface area contributed by atoms with E-state index in [4.69, 9.17) is 0 Å². The minimum atomic E-state index is -1.16. The number of urea groups is 1. The van der Waals surface area contributed by atoms with Crippen LogP contribution in [0.25, 0.3) is 0 Å². The van der Waals surface area contributed by atoms with Crippen LogP contribution in [0.4, 0.5) is 4.79 Å². The second-order valence-electron chi connectivity index (χ2n) is 5.61. The number of likely N-dealkylation sites (N-methyl/N-ethyl adjacent to an activating group) is 1. The summed E-state index contributed by atoms with van der Waals surface area (Å²) < 4.78 is 0. The Hall–Kier alpha value is -1.79. The molecule has 0 aromatic heterocycles. The van der Waals surface area contributed by atoms with Crippen LogP contribution < -0.4 is 5.32 Å². The molecule has 0 spiro atoms. The number of nitrogens with one attached hydrogen (secondary N) is 1. The second-order valence-corrected chi connectivity index (χ2v) is 5.61. The zero-order valence-electron chi connectivity index (χ0n) is 11.7. The fourth-order valence-electron chi connectivity index (χ4n) is 2.76. The van der Waals surface area contributed by atoms with Crippen molar-refractivity contribution in [3.63, 3.8) is 0 Å². The van der Waals surface area contributed by atoms with Crippen molar-refractivity contribution in [1.29, 1.82) is 0 Å².